The van der Waals surface area contributed by atoms with E-state index in [-0.39, 0.29) is 17.9 Å². The number of fused-ring (bicyclic) bond motifs is 1. The summed E-state index contributed by atoms with van der Waals surface area (Å²) in [5, 5.41) is 2.70. The van der Waals surface area contributed by atoms with Crippen LogP contribution in [0.25, 0.3) is 9.40 Å². The molecule has 3 nitrogen and oxygen atoms in total. The van der Waals surface area contributed by atoms with Crippen molar-refractivity contribution in [1.29, 1.82) is 0 Å². The minimum atomic E-state index is -0.317. The highest BCUT2D eigenvalue weighted by Crippen LogP contribution is 2.34. The minimum Gasteiger partial charge on any atom is -0.459 e. The van der Waals surface area contributed by atoms with Crippen LogP contribution < -0.4 is 0 Å². The average Bonchev–Trinajstić information content (AvgIpc) is 2.72. The van der Waals surface area contributed by atoms with E-state index in [1.165, 1.54) is 29.6 Å². The van der Waals surface area contributed by atoms with Gasteiger partial charge < -0.3 is 4.74 Å². The van der Waals surface area contributed by atoms with Crippen LogP contribution in [0.3, 0.4) is 0 Å². The van der Waals surface area contributed by atoms with Crippen molar-refractivity contribution in [3.8, 4) is 0 Å². The predicted molar refractivity (Wildman–Crippen MR) is 70.3 cm³/mol. The summed E-state index contributed by atoms with van der Waals surface area (Å²) in [7, 11) is 0. The molecule has 0 N–H and O–H groups in total. The highest BCUT2D eigenvalue weighted by Gasteiger charge is 2.17. The summed E-state index contributed by atoms with van der Waals surface area (Å²) < 4.78 is 6.12. The van der Waals surface area contributed by atoms with Crippen molar-refractivity contribution in [2.24, 2.45) is 0 Å². The molecule has 90 valence electrons. The van der Waals surface area contributed by atoms with E-state index in [0.29, 0.717) is 10.4 Å². The zero-order valence-electron chi connectivity index (χ0n) is 9.77. The molecule has 2 aromatic rings. The number of rotatable bonds is 3. The van der Waals surface area contributed by atoms with E-state index in [1.807, 2.05) is 19.2 Å². The summed E-state index contributed by atoms with van der Waals surface area (Å²) in [6.07, 6.45) is -0.130. The van der Waals surface area contributed by atoms with Crippen LogP contribution in [0, 0.1) is 0 Å². The number of hydrogen-bond acceptors (Lipinski definition) is 5. The Balaban J connectivity index is 2.38. The van der Waals surface area contributed by atoms with Gasteiger partial charge in [0.1, 0.15) is 4.88 Å². The summed E-state index contributed by atoms with van der Waals surface area (Å²) in [6, 6.07) is 1.75. The molecule has 2 rings (SSSR count). The summed E-state index contributed by atoms with van der Waals surface area (Å²) in [4.78, 5) is 23.6. The second-order valence-electron chi connectivity index (χ2n) is 3.97. The lowest BCUT2D eigenvalue weighted by Gasteiger charge is -2.05. The highest BCUT2D eigenvalue weighted by molar-refractivity contribution is 7.38. The molecule has 17 heavy (non-hydrogen) atoms. The van der Waals surface area contributed by atoms with Gasteiger partial charge in [-0.15, -0.1) is 22.7 Å². The van der Waals surface area contributed by atoms with E-state index in [2.05, 4.69) is 0 Å². The second-order valence-corrected chi connectivity index (χ2v) is 6.16. The molecule has 0 fully saturated rings. The zero-order chi connectivity index (χ0) is 12.6. The standard InChI is InChI=1S/C12H12O3S2/c1-6(2)15-11(14)10-4-8-9(7(3)13)5-16-12(8)17-10/h4-6H,1-3H3. The number of Topliss-reactive ketones (excluding diaryl/α,β-unsaturated/α-hetero) is 1. The van der Waals surface area contributed by atoms with Gasteiger partial charge in [0.05, 0.1) is 10.1 Å². The van der Waals surface area contributed by atoms with Crippen LogP contribution in [0.1, 0.15) is 40.8 Å². The Morgan fingerprint density at radius 2 is 2.06 bits per heavy atom. The van der Waals surface area contributed by atoms with E-state index < -0.39 is 0 Å². The topological polar surface area (TPSA) is 43.4 Å². The molecule has 0 aliphatic rings. The second kappa shape index (κ2) is 4.58. The third kappa shape index (κ3) is 2.40. The van der Waals surface area contributed by atoms with Crippen molar-refractivity contribution in [3.63, 3.8) is 0 Å². The lowest BCUT2D eigenvalue weighted by Crippen LogP contribution is -2.09. The van der Waals surface area contributed by atoms with Crippen LogP contribution >= 0.6 is 22.7 Å². The van der Waals surface area contributed by atoms with Gasteiger partial charge in [-0.1, -0.05) is 0 Å². The molecule has 0 aliphatic heterocycles. The molecule has 0 amide bonds. The molecular weight excluding hydrogens is 256 g/mol. The average molecular weight is 268 g/mol. The Bertz CT molecular complexity index is 578. The molecular formula is C12H12O3S2. The molecule has 0 radical (unpaired) electrons. The molecule has 2 heterocycles. The van der Waals surface area contributed by atoms with E-state index in [1.54, 1.807) is 6.07 Å². The Morgan fingerprint density at radius 3 is 2.65 bits per heavy atom. The number of ether oxygens (including phenoxy) is 1. The van der Waals surface area contributed by atoms with E-state index in [0.717, 1.165) is 9.40 Å². The lowest BCUT2D eigenvalue weighted by molar-refractivity contribution is 0.0384. The maximum atomic E-state index is 11.7. The van der Waals surface area contributed by atoms with Crippen molar-refractivity contribution < 1.29 is 14.3 Å². The van der Waals surface area contributed by atoms with Gasteiger partial charge in [-0.3, -0.25) is 4.79 Å². The first-order chi connectivity index (χ1) is 7.99. The normalized spacial score (nSPS) is 11.1. The number of hydrogen-bond donors (Lipinski definition) is 0. The number of carbonyl (C=O) groups is 2. The summed E-state index contributed by atoms with van der Waals surface area (Å²) in [6.45, 7) is 5.16. The van der Waals surface area contributed by atoms with Crippen LogP contribution in [0.5, 0.6) is 0 Å². The monoisotopic (exact) mass is 268 g/mol. The van der Waals surface area contributed by atoms with Crippen LogP contribution in [0.15, 0.2) is 11.4 Å². The van der Waals surface area contributed by atoms with E-state index >= 15 is 0 Å². The molecule has 0 aliphatic carbocycles. The molecule has 0 bridgehead atoms. The molecule has 0 atom stereocenters. The third-order valence-corrected chi connectivity index (χ3v) is 4.43. The summed E-state index contributed by atoms with van der Waals surface area (Å²) >= 11 is 2.87. The molecule has 0 saturated heterocycles. The highest BCUT2D eigenvalue weighted by atomic mass is 32.2. The molecule has 0 saturated carbocycles. The maximum absolute atomic E-state index is 11.7. The quantitative estimate of drug-likeness (QED) is 0.629. The van der Waals surface area contributed by atoms with Gasteiger partial charge in [0.25, 0.3) is 0 Å². The van der Waals surface area contributed by atoms with Crippen LogP contribution in [-0.4, -0.2) is 17.9 Å². The Morgan fingerprint density at radius 1 is 1.35 bits per heavy atom. The van der Waals surface area contributed by atoms with Gasteiger partial charge in [0.2, 0.25) is 0 Å². The Labute approximate surface area is 107 Å². The molecule has 2 aromatic heterocycles. The number of thiophene rings is 2. The van der Waals surface area contributed by atoms with Crippen molar-refractivity contribution in [3.05, 3.63) is 21.9 Å². The summed E-state index contributed by atoms with van der Waals surface area (Å²) in [5.41, 5.74) is 0.685. The smallest absolute Gasteiger partial charge is 0.348 e. The largest absolute Gasteiger partial charge is 0.459 e. The Hall–Kier alpha value is -1.20. The van der Waals surface area contributed by atoms with Crippen molar-refractivity contribution in [2.45, 2.75) is 26.9 Å². The first-order valence-corrected chi connectivity index (χ1v) is 6.91. The predicted octanol–water partition coefficient (Wildman–Crippen LogP) is 3.73. The number of carbonyl (C=O) groups excluding carboxylic acids is 2. The lowest BCUT2D eigenvalue weighted by atomic mass is 10.2. The number of esters is 1. The fourth-order valence-corrected chi connectivity index (χ4v) is 3.68. The fraction of sp³-hybridized carbons (Fsp3) is 0.333. The van der Waals surface area contributed by atoms with Gasteiger partial charge in [0.15, 0.2) is 5.78 Å². The Kier molecular flexibility index (Phi) is 3.31. The van der Waals surface area contributed by atoms with Crippen LogP contribution in [0.4, 0.5) is 0 Å². The third-order valence-electron chi connectivity index (χ3n) is 2.20. The van der Waals surface area contributed by atoms with Crippen LogP contribution in [-0.2, 0) is 4.74 Å². The molecule has 0 spiro atoms. The SMILES string of the molecule is CC(=O)c1csc2sc(C(=O)OC(C)C)cc12. The van der Waals surface area contributed by atoms with Gasteiger partial charge in [-0.05, 0) is 26.8 Å². The van der Waals surface area contributed by atoms with Gasteiger partial charge in [-0.2, -0.15) is 0 Å². The first-order valence-electron chi connectivity index (χ1n) is 5.22. The zero-order valence-corrected chi connectivity index (χ0v) is 11.4. The van der Waals surface area contributed by atoms with Crippen molar-refractivity contribution in [2.75, 3.05) is 0 Å². The van der Waals surface area contributed by atoms with Gasteiger partial charge in [-0.25, -0.2) is 4.79 Å². The first kappa shape index (κ1) is 12.3. The number of ketones is 1. The summed E-state index contributed by atoms with van der Waals surface area (Å²) in [5.74, 6) is -0.291. The molecule has 0 aromatic carbocycles. The van der Waals surface area contributed by atoms with Gasteiger partial charge in [0, 0.05) is 16.3 Å². The van der Waals surface area contributed by atoms with E-state index in [4.69, 9.17) is 4.74 Å². The molecule has 0 unspecified atom stereocenters. The maximum Gasteiger partial charge on any atom is 0.348 e. The van der Waals surface area contributed by atoms with Crippen LogP contribution in [0.2, 0.25) is 0 Å². The van der Waals surface area contributed by atoms with Crippen molar-refractivity contribution in [1.82, 2.24) is 0 Å². The van der Waals surface area contributed by atoms with Gasteiger partial charge >= 0.3 is 5.97 Å². The fourth-order valence-electron chi connectivity index (χ4n) is 1.47. The van der Waals surface area contributed by atoms with E-state index in [9.17, 15) is 9.59 Å². The minimum absolute atomic E-state index is 0.0258. The van der Waals surface area contributed by atoms with Crippen molar-refractivity contribution >= 4 is 43.8 Å². The molecule has 5 heteroatoms.